The molecule has 1 aliphatic heterocycles. The normalized spacial score (nSPS) is 19.1. The molecule has 0 aliphatic carbocycles. The van der Waals surface area contributed by atoms with E-state index in [1.54, 1.807) is 11.3 Å². The van der Waals surface area contributed by atoms with Gasteiger partial charge in [0.2, 0.25) is 0 Å². The predicted molar refractivity (Wildman–Crippen MR) is 53.6 cm³/mol. The molecular weight excluding hydrogens is 180 g/mol. The second-order valence-corrected chi connectivity index (χ2v) is 4.49. The van der Waals surface area contributed by atoms with Gasteiger partial charge in [0.1, 0.15) is 10.9 Å². The molecule has 1 aromatic heterocycles. The Morgan fingerprint density at radius 3 is 2.77 bits per heavy atom. The van der Waals surface area contributed by atoms with Crippen LogP contribution >= 0.6 is 11.3 Å². The van der Waals surface area contributed by atoms with Crippen molar-refractivity contribution in [1.82, 2.24) is 4.90 Å². The van der Waals surface area contributed by atoms with Gasteiger partial charge in [-0.15, -0.1) is 11.3 Å². The van der Waals surface area contributed by atoms with Gasteiger partial charge in [-0.05, 0) is 38.6 Å². The van der Waals surface area contributed by atoms with Gasteiger partial charge in [-0.2, -0.15) is 5.26 Å². The van der Waals surface area contributed by atoms with Crippen LogP contribution in [0.15, 0.2) is 12.1 Å². The largest absolute Gasteiger partial charge is 0.296 e. The lowest BCUT2D eigenvalue weighted by Crippen LogP contribution is -2.38. The SMILES string of the molecule is CC(c1ccc(C#N)s1)N1CCC1. The molecule has 3 heteroatoms. The zero-order valence-electron chi connectivity index (χ0n) is 7.66. The molecule has 1 saturated heterocycles. The standard InChI is InChI=1S/C10H12N2S/c1-8(12-5-2-6-12)10-4-3-9(7-11)13-10/h3-4,8H,2,5-6H2,1H3. The highest BCUT2D eigenvalue weighted by Crippen LogP contribution is 2.29. The molecule has 0 amide bonds. The van der Waals surface area contributed by atoms with Crippen LogP contribution in [0.25, 0.3) is 0 Å². The zero-order valence-corrected chi connectivity index (χ0v) is 8.47. The van der Waals surface area contributed by atoms with E-state index in [0.717, 1.165) is 4.88 Å². The van der Waals surface area contributed by atoms with Crippen LogP contribution < -0.4 is 0 Å². The summed E-state index contributed by atoms with van der Waals surface area (Å²) in [5.41, 5.74) is 0. The lowest BCUT2D eigenvalue weighted by Gasteiger charge is -2.35. The maximum Gasteiger partial charge on any atom is 0.110 e. The molecule has 0 radical (unpaired) electrons. The molecule has 68 valence electrons. The fraction of sp³-hybridized carbons (Fsp3) is 0.500. The lowest BCUT2D eigenvalue weighted by molar-refractivity contribution is 0.131. The summed E-state index contributed by atoms with van der Waals surface area (Å²) in [7, 11) is 0. The van der Waals surface area contributed by atoms with Crippen LogP contribution in [0.4, 0.5) is 0 Å². The molecule has 1 aliphatic rings. The Kier molecular flexibility index (Phi) is 2.34. The van der Waals surface area contributed by atoms with Gasteiger partial charge < -0.3 is 0 Å². The third kappa shape index (κ3) is 1.60. The van der Waals surface area contributed by atoms with E-state index >= 15 is 0 Å². The Hall–Kier alpha value is -0.850. The highest BCUT2D eigenvalue weighted by atomic mass is 32.1. The third-order valence-corrected chi connectivity index (χ3v) is 3.75. The number of thiophene rings is 1. The van der Waals surface area contributed by atoms with Crippen LogP contribution in [-0.4, -0.2) is 18.0 Å². The van der Waals surface area contributed by atoms with Crippen molar-refractivity contribution in [3.05, 3.63) is 21.9 Å². The monoisotopic (exact) mass is 192 g/mol. The van der Waals surface area contributed by atoms with Crippen LogP contribution in [0.3, 0.4) is 0 Å². The molecule has 13 heavy (non-hydrogen) atoms. The molecule has 1 unspecified atom stereocenters. The molecule has 1 atom stereocenters. The fourth-order valence-corrected chi connectivity index (χ4v) is 2.44. The number of hydrogen-bond donors (Lipinski definition) is 0. The summed E-state index contributed by atoms with van der Waals surface area (Å²) in [6, 6.07) is 6.67. The maximum absolute atomic E-state index is 8.69. The first-order valence-corrected chi connectivity index (χ1v) is 5.37. The van der Waals surface area contributed by atoms with Crippen molar-refractivity contribution in [3.8, 4) is 6.07 Å². The second kappa shape index (κ2) is 3.49. The van der Waals surface area contributed by atoms with E-state index in [0.29, 0.717) is 6.04 Å². The van der Waals surface area contributed by atoms with Crippen molar-refractivity contribution < 1.29 is 0 Å². The Labute approximate surface area is 82.4 Å². The molecule has 0 bridgehead atoms. The van der Waals surface area contributed by atoms with Gasteiger partial charge in [0.05, 0.1) is 0 Å². The fourth-order valence-electron chi connectivity index (χ4n) is 1.55. The van der Waals surface area contributed by atoms with Crippen molar-refractivity contribution in [3.63, 3.8) is 0 Å². The predicted octanol–water partition coefficient (Wildman–Crippen LogP) is 2.39. The smallest absolute Gasteiger partial charge is 0.110 e. The van der Waals surface area contributed by atoms with E-state index in [9.17, 15) is 0 Å². The number of rotatable bonds is 2. The molecule has 0 saturated carbocycles. The molecule has 0 N–H and O–H groups in total. The van der Waals surface area contributed by atoms with E-state index in [4.69, 9.17) is 5.26 Å². The molecular formula is C10H12N2S. The zero-order chi connectivity index (χ0) is 9.26. The number of likely N-dealkylation sites (tertiary alicyclic amines) is 1. The third-order valence-electron chi connectivity index (χ3n) is 2.59. The summed E-state index contributed by atoms with van der Waals surface area (Å²) in [6.45, 7) is 4.63. The van der Waals surface area contributed by atoms with Crippen LogP contribution in [0.2, 0.25) is 0 Å². The van der Waals surface area contributed by atoms with Gasteiger partial charge in [0.15, 0.2) is 0 Å². The van der Waals surface area contributed by atoms with E-state index in [1.165, 1.54) is 24.4 Å². The first-order chi connectivity index (χ1) is 6.31. The molecule has 2 heterocycles. The summed E-state index contributed by atoms with van der Waals surface area (Å²) in [5.74, 6) is 0. The van der Waals surface area contributed by atoms with Gasteiger partial charge in [0.25, 0.3) is 0 Å². The summed E-state index contributed by atoms with van der Waals surface area (Å²) in [4.78, 5) is 4.58. The van der Waals surface area contributed by atoms with Gasteiger partial charge in [-0.25, -0.2) is 0 Å². The average molecular weight is 192 g/mol. The molecule has 1 aromatic rings. The molecule has 0 spiro atoms. The minimum atomic E-state index is 0.501. The van der Waals surface area contributed by atoms with Crippen molar-refractivity contribution in [2.75, 3.05) is 13.1 Å². The highest BCUT2D eigenvalue weighted by molar-refractivity contribution is 7.12. The summed E-state index contributed by atoms with van der Waals surface area (Å²) in [6.07, 6.45) is 1.32. The summed E-state index contributed by atoms with van der Waals surface area (Å²) in [5, 5.41) is 8.69. The molecule has 2 nitrogen and oxygen atoms in total. The van der Waals surface area contributed by atoms with E-state index in [1.807, 2.05) is 6.07 Å². The van der Waals surface area contributed by atoms with Crippen molar-refractivity contribution in [2.24, 2.45) is 0 Å². The minimum absolute atomic E-state index is 0.501. The summed E-state index contributed by atoms with van der Waals surface area (Å²) >= 11 is 1.62. The molecule has 1 fully saturated rings. The van der Waals surface area contributed by atoms with E-state index in [2.05, 4.69) is 24.0 Å². The van der Waals surface area contributed by atoms with Crippen molar-refractivity contribution >= 4 is 11.3 Å². The number of hydrogen-bond acceptors (Lipinski definition) is 3. The minimum Gasteiger partial charge on any atom is -0.296 e. The van der Waals surface area contributed by atoms with E-state index in [-0.39, 0.29) is 0 Å². The van der Waals surface area contributed by atoms with Gasteiger partial charge in [0, 0.05) is 10.9 Å². The topological polar surface area (TPSA) is 27.0 Å². The number of nitriles is 1. The van der Waals surface area contributed by atoms with Crippen LogP contribution in [-0.2, 0) is 0 Å². The highest BCUT2D eigenvalue weighted by Gasteiger charge is 2.22. The Balaban J connectivity index is 2.11. The summed E-state index contributed by atoms with van der Waals surface area (Å²) < 4.78 is 0. The maximum atomic E-state index is 8.69. The van der Waals surface area contributed by atoms with Crippen molar-refractivity contribution in [1.29, 1.82) is 5.26 Å². The van der Waals surface area contributed by atoms with E-state index < -0.39 is 0 Å². The molecule has 2 rings (SSSR count). The first kappa shape index (κ1) is 8.74. The second-order valence-electron chi connectivity index (χ2n) is 3.38. The lowest BCUT2D eigenvalue weighted by atomic mass is 10.1. The molecule has 0 aromatic carbocycles. The Morgan fingerprint density at radius 1 is 1.54 bits per heavy atom. The van der Waals surface area contributed by atoms with Gasteiger partial charge in [-0.3, -0.25) is 4.90 Å². The van der Waals surface area contributed by atoms with Gasteiger partial charge >= 0.3 is 0 Å². The quantitative estimate of drug-likeness (QED) is 0.719. The van der Waals surface area contributed by atoms with Crippen LogP contribution in [0.5, 0.6) is 0 Å². The Bertz CT molecular complexity index is 333. The van der Waals surface area contributed by atoms with Crippen LogP contribution in [0.1, 0.15) is 29.1 Å². The van der Waals surface area contributed by atoms with Crippen molar-refractivity contribution in [2.45, 2.75) is 19.4 Å². The average Bonchev–Trinajstić information content (AvgIpc) is 2.48. The first-order valence-electron chi connectivity index (χ1n) is 4.55. The number of nitrogens with zero attached hydrogens (tertiary/aromatic N) is 2. The van der Waals surface area contributed by atoms with Crippen LogP contribution in [0, 0.1) is 11.3 Å². The Morgan fingerprint density at radius 2 is 2.31 bits per heavy atom. The van der Waals surface area contributed by atoms with Gasteiger partial charge in [-0.1, -0.05) is 0 Å².